The van der Waals surface area contributed by atoms with Crippen molar-refractivity contribution >= 4 is 0 Å². The lowest BCUT2D eigenvalue weighted by Crippen LogP contribution is -1.97. The molecule has 82 valence electrons. The van der Waals surface area contributed by atoms with Crippen molar-refractivity contribution < 1.29 is 4.39 Å². The maximum atomic E-state index is 13.4. The second-order valence-electron chi connectivity index (χ2n) is 3.70. The number of hydrogen-bond acceptors (Lipinski definition) is 2. The molecule has 2 aromatic rings. The molecule has 0 radical (unpaired) electrons. The van der Waals surface area contributed by atoms with Gasteiger partial charge in [0.25, 0.3) is 0 Å². The zero-order chi connectivity index (χ0) is 11.5. The van der Waals surface area contributed by atoms with Gasteiger partial charge in [-0.05, 0) is 35.7 Å². The Labute approximate surface area is 93.9 Å². The monoisotopic (exact) mass is 216 g/mol. The quantitative estimate of drug-likeness (QED) is 0.838. The molecule has 0 unspecified atom stereocenters. The molecule has 0 aliphatic heterocycles. The number of benzene rings is 1. The summed E-state index contributed by atoms with van der Waals surface area (Å²) < 4.78 is 13.4. The highest BCUT2D eigenvalue weighted by molar-refractivity contribution is 5.66. The molecule has 0 amide bonds. The fourth-order valence-corrected chi connectivity index (χ4v) is 1.67. The lowest BCUT2D eigenvalue weighted by molar-refractivity contribution is 0.619. The van der Waals surface area contributed by atoms with E-state index in [9.17, 15) is 4.39 Å². The first kappa shape index (κ1) is 10.8. The zero-order valence-corrected chi connectivity index (χ0v) is 9.07. The van der Waals surface area contributed by atoms with Crippen LogP contribution >= 0.6 is 0 Å². The van der Waals surface area contributed by atoms with Crippen LogP contribution in [0.15, 0.2) is 36.7 Å². The molecule has 0 spiro atoms. The molecule has 0 aliphatic carbocycles. The van der Waals surface area contributed by atoms with Crippen LogP contribution < -0.4 is 5.73 Å². The summed E-state index contributed by atoms with van der Waals surface area (Å²) in [4.78, 5) is 4.10. The van der Waals surface area contributed by atoms with Gasteiger partial charge in [-0.25, -0.2) is 4.39 Å². The van der Waals surface area contributed by atoms with Crippen molar-refractivity contribution in [1.82, 2.24) is 4.98 Å². The molecule has 3 heteroatoms. The Kier molecular flexibility index (Phi) is 2.97. The Balaban J connectivity index is 2.54. The molecular weight excluding hydrogens is 203 g/mol. The molecule has 0 aliphatic rings. The number of nitrogens with two attached hydrogens (primary N) is 1. The van der Waals surface area contributed by atoms with Gasteiger partial charge >= 0.3 is 0 Å². The van der Waals surface area contributed by atoms with Crippen molar-refractivity contribution in [1.29, 1.82) is 0 Å². The Hall–Kier alpha value is -1.74. The van der Waals surface area contributed by atoms with Crippen molar-refractivity contribution in [3.05, 3.63) is 53.6 Å². The highest BCUT2D eigenvalue weighted by atomic mass is 19.1. The lowest BCUT2D eigenvalue weighted by Gasteiger charge is -2.07. The van der Waals surface area contributed by atoms with E-state index >= 15 is 0 Å². The van der Waals surface area contributed by atoms with E-state index in [0.29, 0.717) is 12.1 Å². The predicted molar refractivity (Wildman–Crippen MR) is 62.3 cm³/mol. The molecule has 2 nitrogen and oxygen atoms in total. The molecule has 0 saturated heterocycles. The normalized spacial score (nSPS) is 10.4. The van der Waals surface area contributed by atoms with Gasteiger partial charge in [0.15, 0.2) is 0 Å². The first-order valence-corrected chi connectivity index (χ1v) is 5.12. The lowest BCUT2D eigenvalue weighted by atomic mass is 10.0. The summed E-state index contributed by atoms with van der Waals surface area (Å²) in [5.74, 6) is -0.198. The molecular formula is C13H13FN2. The van der Waals surface area contributed by atoms with Crippen LogP contribution in [0.3, 0.4) is 0 Å². The minimum Gasteiger partial charge on any atom is -0.326 e. The summed E-state index contributed by atoms with van der Waals surface area (Å²) in [5.41, 5.74) is 8.90. The number of aromatic nitrogens is 1. The predicted octanol–water partition coefficient (Wildman–Crippen LogP) is 2.65. The average molecular weight is 216 g/mol. The van der Waals surface area contributed by atoms with Crippen LogP contribution in [-0.2, 0) is 6.54 Å². The Bertz CT molecular complexity index is 509. The zero-order valence-electron chi connectivity index (χ0n) is 9.07. The molecule has 1 aromatic carbocycles. The third-order valence-electron chi connectivity index (χ3n) is 2.61. The fourth-order valence-electron chi connectivity index (χ4n) is 1.67. The third kappa shape index (κ3) is 1.95. The van der Waals surface area contributed by atoms with Crippen LogP contribution in [0.4, 0.5) is 4.39 Å². The van der Waals surface area contributed by atoms with Gasteiger partial charge in [0, 0.05) is 24.5 Å². The molecule has 0 atom stereocenters. The Morgan fingerprint density at radius 3 is 2.88 bits per heavy atom. The number of halogens is 1. The number of pyridine rings is 1. The minimum absolute atomic E-state index is 0.198. The topological polar surface area (TPSA) is 38.9 Å². The summed E-state index contributed by atoms with van der Waals surface area (Å²) in [6.07, 6.45) is 3.44. The molecule has 2 N–H and O–H groups in total. The number of rotatable bonds is 2. The fraction of sp³-hybridized carbons (Fsp3) is 0.154. The molecule has 1 aromatic heterocycles. The van der Waals surface area contributed by atoms with Crippen LogP contribution in [0.1, 0.15) is 11.1 Å². The number of hydrogen-bond donors (Lipinski definition) is 1. The summed E-state index contributed by atoms with van der Waals surface area (Å²) in [7, 11) is 0. The van der Waals surface area contributed by atoms with E-state index in [0.717, 1.165) is 16.7 Å². The van der Waals surface area contributed by atoms with E-state index < -0.39 is 0 Å². The highest BCUT2D eigenvalue weighted by Crippen LogP contribution is 2.24. The minimum atomic E-state index is -0.198. The van der Waals surface area contributed by atoms with E-state index in [-0.39, 0.29) is 5.82 Å². The van der Waals surface area contributed by atoms with Crippen molar-refractivity contribution in [2.45, 2.75) is 13.5 Å². The largest absolute Gasteiger partial charge is 0.326 e. The molecule has 0 bridgehead atoms. The van der Waals surface area contributed by atoms with Crippen LogP contribution in [0.5, 0.6) is 0 Å². The molecule has 0 fully saturated rings. The SMILES string of the molecule is Cc1c(F)cccc1-c1cncc(CN)c1. The summed E-state index contributed by atoms with van der Waals surface area (Å²) in [6.45, 7) is 2.20. The molecule has 2 rings (SSSR count). The standard InChI is InChI=1S/C13H13FN2/c1-9-12(3-2-4-13(9)14)11-5-10(6-15)7-16-8-11/h2-5,7-8H,6,15H2,1H3. The van der Waals surface area contributed by atoms with Crippen molar-refractivity contribution in [2.75, 3.05) is 0 Å². The van der Waals surface area contributed by atoms with Crippen LogP contribution in [0, 0.1) is 12.7 Å². The van der Waals surface area contributed by atoms with Crippen LogP contribution in [0.25, 0.3) is 11.1 Å². The molecule has 0 saturated carbocycles. The Morgan fingerprint density at radius 2 is 2.12 bits per heavy atom. The average Bonchev–Trinajstić information content (AvgIpc) is 2.33. The smallest absolute Gasteiger partial charge is 0.126 e. The van der Waals surface area contributed by atoms with Gasteiger partial charge in [-0.1, -0.05) is 12.1 Å². The van der Waals surface area contributed by atoms with Crippen molar-refractivity contribution in [3.63, 3.8) is 0 Å². The van der Waals surface area contributed by atoms with Gasteiger partial charge in [-0.3, -0.25) is 4.98 Å². The van der Waals surface area contributed by atoms with E-state index in [1.165, 1.54) is 6.07 Å². The van der Waals surface area contributed by atoms with E-state index in [1.54, 1.807) is 25.4 Å². The van der Waals surface area contributed by atoms with E-state index in [2.05, 4.69) is 4.98 Å². The van der Waals surface area contributed by atoms with Crippen LogP contribution in [-0.4, -0.2) is 4.98 Å². The maximum Gasteiger partial charge on any atom is 0.126 e. The van der Waals surface area contributed by atoms with Gasteiger partial charge in [0.1, 0.15) is 5.82 Å². The second-order valence-corrected chi connectivity index (χ2v) is 3.70. The third-order valence-corrected chi connectivity index (χ3v) is 2.61. The van der Waals surface area contributed by atoms with E-state index in [4.69, 9.17) is 5.73 Å². The Morgan fingerprint density at radius 1 is 1.31 bits per heavy atom. The van der Waals surface area contributed by atoms with E-state index in [1.807, 2.05) is 12.1 Å². The summed E-state index contributed by atoms with van der Waals surface area (Å²) in [5, 5.41) is 0. The first-order valence-electron chi connectivity index (χ1n) is 5.12. The van der Waals surface area contributed by atoms with Gasteiger partial charge in [0.05, 0.1) is 0 Å². The second kappa shape index (κ2) is 4.41. The van der Waals surface area contributed by atoms with Crippen molar-refractivity contribution in [2.24, 2.45) is 5.73 Å². The summed E-state index contributed by atoms with van der Waals surface area (Å²) >= 11 is 0. The van der Waals surface area contributed by atoms with Crippen LogP contribution in [0.2, 0.25) is 0 Å². The van der Waals surface area contributed by atoms with Gasteiger partial charge in [-0.15, -0.1) is 0 Å². The van der Waals surface area contributed by atoms with Gasteiger partial charge < -0.3 is 5.73 Å². The summed E-state index contributed by atoms with van der Waals surface area (Å²) in [6, 6.07) is 6.98. The highest BCUT2D eigenvalue weighted by Gasteiger charge is 2.06. The number of nitrogens with zero attached hydrogens (tertiary/aromatic N) is 1. The maximum absolute atomic E-state index is 13.4. The van der Waals surface area contributed by atoms with Gasteiger partial charge in [0.2, 0.25) is 0 Å². The molecule has 16 heavy (non-hydrogen) atoms. The van der Waals surface area contributed by atoms with Crippen molar-refractivity contribution in [3.8, 4) is 11.1 Å². The first-order chi connectivity index (χ1) is 7.72. The molecule has 1 heterocycles. The van der Waals surface area contributed by atoms with Gasteiger partial charge in [-0.2, -0.15) is 0 Å².